The minimum atomic E-state index is 0.0234. The lowest BCUT2D eigenvalue weighted by Crippen LogP contribution is -2.25. The van der Waals surface area contributed by atoms with Gasteiger partial charge in [-0.25, -0.2) is 9.99 Å². The van der Waals surface area contributed by atoms with E-state index in [1.807, 2.05) is 30.3 Å². The number of hydrogen-bond acceptors (Lipinski definition) is 4. The van der Waals surface area contributed by atoms with E-state index in [2.05, 4.69) is 43.2 Å². The summed E-state index contributed by atoms with van der Waals surface area (Å²) < 4.78 is 0. The predicted octanol–water partition coefficient (Wildman–Crippen LogP) is 4.58. The molecule has 1 aliphatic rings. The SMILES string of the molecule is Cc1cc(SCC(=O)N2CCC(c3ccccc3)=N2)nc2c(C)cccc12. The lowest BCUT2D eigenvalue weighted by molar-refractivity contribution is -0.127. The van der Waals surface area contributed by atoms with Gasteiger partial charge in [0.1, 0.15) is 0 Å². The number of aromatic nitrogens is 1. The van der Waals surface area contributed by atoms with Crippen molar-refractivity contribution < 1.29 is 4.79 Å². The number of thioether (sulfide) groups is 1. The maximum atomic E-state index is 12.6. The van der Waals surface area contributed by atoms with Crippen LogP contribution in [0.2, 0.25) is 0 Å². The molecule has 0 spiro atoms. The van der Waals surface area contributed by atoms with Gasteiger partial charge in [-0.05, 0) is 36.6 Å². The molecule has 1 aliphatic heterocycles. The maximum Gasteiger partial charge on any atom is 0.253 e. The Balaban J connectivity index is 1.46. The van der Waals surface area contributed by atoms with E-state index in [0.29, 0.717) is 12.3 Å². The van der Waals surface area contributed by atoms with Gasteiger partial charge in [0.05, 0.1) is 28.6 Å². The van der Waals surface area contributed by atoms with Crippen molar-refractivity contribution in [1.82, 2.24) is 9.99 Å². The molecule has 0 unspecified atom stereocenters. The largest absolute Gasteiger partial charge is 0.272 e. The highest BCUT2D eigenvalue weighted by molar-refractivity contribution is 7.99. The Morgan fingerprint density at radius 1 is 1.07 bits per heavy atom. The van der Waals surface area contributed by atoms with Crippen LogP contribution in [0.15, 0.2) is 64.7 Å². The van der Waals surface area contributed by atoms with E-state index >= 15 is 0 Å². The molecule has 5 heteroatoms. The zero-order valence-electron chi connectivity index (χ0n) is 15.5. The number of para-hydroxylation sites is 1. The van der Waals surface area contributed by atoms with E-state index < -0.39 is 0 Å². The Kier molecular flexibility index (Phi) is 4.94. The van der Waals surface area contributed by atoms with Gasteiger partial charge in [0.25, 0.3) is 5.91 Å². The third-order valence-electron chi connectivity index (χ3n) is 4.76. The quantitative estimate of drug-likeness (QED) is 0.627. The monoisotopic (exact) mass is 375 g/mol. The van der Waals surface area contributed by atoms with E-state index in [-0.39, 0.29) is 5.91 Å². The van der Waals surface area contributed by atoms with Crippen molar-refractivity contribution in [2.24, 2.45) is 5.10 Å². The van der Waals surface area contributed by atoms with Crippen LogP contribution >= 0.6 is 11.8 Å². The van der Waals surface area contributed by atoms with Gasteiger partial charge in [0.2, 0.25) is 0 Å². The number of aryl methyl sites for hydroxylation is 2. The zero-order valence-corrected chi connectivity index (χ0v) is 16.3. The van der Waals surface area contributed by atoms with E-state index in [1.165, 1.54) is 22.7 Å². The Bertz CT molecular complexity index is 1030. The summed E-state index contributed by atoms with van der Waals surface area (Å²) in [7, 11) is 0. The summed E-state index contributed by atoms with van der Waals surface area (Å²) in [6.07, 6.45) is 0.799. The summed E-state index contributed by atoms with van der Waals surface area (Å²) >= 11 is 1.48. The average molecular weight is 375 g/mol. The van der Waals surface area contributed by atoms with Crippen molar-refractivity contribution in [3.63, 3.8) is 0 Å². The summed E-state index contributed by atoms with van der Waals surface area (Å²) in [5.74, 6) is 0.366. The molecule has 2 aromatic carbocycles. The number of carbonyl (C=O) groups is 1. The van der Waals surface area contributed by atoms with Crippen molar-refractivity contribution in [3.8, 4) is 0 Å². The van der Waals surface area contributed by atoms with Crippen LogP contribution in [0.25, 0.3) is 10.9 Å². The van der Waals surface area contributed by atoms with Gasteiger partial charge in [-0.2, -0.15) is 5.10 Å². The minimum Gasteiger partial charge on any atom is -0.272 e. The van der Waals surface area contributed by atoms with Crippen molar-refractivity contribution in [3.05, 3.63) is 71.3 Å². The van der Waals surface area contributed by atoms with E-state index in [1.54, 1.807) is 5.01 Å². The number of benzene rings is 2. The van der Waals surface area contributed by atoms with Crippen LogP contribution in [0.4, 0.5) is 0 Å². The molecule has 0 fully saturated rings. The molecule has 4 rings (SSSR count). The highest BCUT2D eigenvalue weighted by Gasteiger charge is 2.21. The number of hydrazone groups is 1. The Morgan fingerprint density at radius 3 is 2.70 bits per heavy atom. The van der Waals surface area contributed by atoms with Crippen molar-refractivity contribution in [1.29, 1.82) is 0 Å². The third-order valence-corrected chi connectivity index (χ3v) is 5.66. The van der Waals surface area contributed by atoms with Crippen LogP contribution in [-0.2, 0) is 4.79 Å². The van der Waals surface area contributed by atoms with Crippen LogP contribution in [-0.4, -0.2) is 33.9 Å². The Labute approximate surface area is 163 Å². The molecule has 0 aliphatic carbocycles. The maximum absolute atomic E-state index is 12.6. The smallest absolute Gasteiger partial charge is 0.253 e. The van der Waals surface area contributed by atoms with Gasteiger partial charge >= 0.3 is 0 Å². The van der Waals surface area contributed by atoms with Gasteiger partial charge < -0.3 is 0 Å². The topological polar surface area (TPSA) is 45.6 Å². The second kappa shape index (κ2) is 7.53. The summed E-state index contributed by atoms with van der Waals surface area (Å²) in [6.45, 7) is 4.80. The molecule has 4 nitrogen and oxygen atoms in total. The first-order chi connectivity index (χ1) is 13.1. The Hall–Kier alpha value is -2.66. The average Bonchev–Trinajstić information content (AvgIpc) is 3.18. The molecule has 0 N–H and O–H groups in total. The number of carbonyl (C=O) groups excluding carboxylic acids is 1. The van der Waals surface area contributed by atoms with Crippen LogP contribution < -0.4 is 0 Å². The molecule has 1 amide bonds. The van der Waals surface area contributed by atoms with Gasteiger partial charge in [-0.1, -0.05) is 60.3 Å². The molecule has 0 saturated heterocycles. The molecule has 27 heavy (non-hydrogen) atoms. The van der Waals surface area contributed by atoms with Gasteiger partial charge in [0, 0.05) is 11.8 Å². The number of nitrogens with zero attached hydrogens (tertiary/aromatic N) is 3. The molecule has 136 valence electrons. The second-order valence-corrected chi connectivity index (χ2v) is 7.71. The number of pyridine rings is 1. The van der Waals surface area contributed by atoms with Crippen molar-refractivity contribution in [2.75, 3.05) is 12.3 Å². The molecule has 0 atom stereocenters. The summed E-state index contributed by atoms with van der Waals surface area (Å²) in [4.78, 5) is 17.3. The van der Waals surface area contributed by atoms with Crippen LogP contribution in [0, 0.1) is 13.8 Å². The minimum absolute atomic E-state index is 0.0234. The molecule has 1 aromatic heterocycles. The zero-order chi connectivity index (χ0) is 18.8. The Morgan fingerprint density at radius 2 is 1.89 bits per heavy atom. The van der Waals surface area contributed by atoms with Crippen molar-refractivity contribution >= 4 is 34.3 Å². The van der Waals surface area contributed by atoms with Gasteiger partial charge in [-0.15, -0.1) is 0 Å². The standard InChI is InChI=1S/C22H21N3OS/c1-15-7-6-10-18-16(2)13-20(23-22(15)18)27-14-21(26)25-12-11-19(24-25)17-8-4-3-5-9-17/h3-10,13H,11-12,14H2,1-2H3. The van der Waals surface area contributed by atoms with Gasteiger partial charge in [0.15, 0.2) is 0 Å². The number of amides is 1. The lowest BCUT2D eigenvalue weighted by Gasteiger charge is -2.12. The van der Waals surface area contributed by atoms with Gasteiger partial charge in [-0.3, -0.25) is 4.79 Å². The summed E-state index contributed by atoms with van der Waals surface area (Å²) in [6, 6.07) is 18.3. The first kappa shape index (κ1) is 17.7. The third kappa shape index (κ3) is 3.74. The molecular weight excluding hydrogens is 354 g/mol. The van der Waals surface area contributed by atoms with Crippen LogP contribution in [0.5, 0.6) is 0 Å². The molecular formula is C22H21N3OS. The summed E-state index contributed by atoms with van der Waals surface area (Å²) in [5.41, 5.74) is 5.41. The molecule has 3 aromatic rings. The predicted molar refractivity (Wildman–Crippen MR) is 111 cm³/mol. The second-order valence-electron chi connectivity index (χ2n) is 6.72. The number of fused-ring (bicyclic) bond motifs is 1. The van der Waals surface area contributed by atoms with Crippen LogP contribution in [0.3, 0.4) is 0 Å². The molecule has 0 radical (unpaired) electrons. The lowest BCUT2D eigenvalue weighted by atomic mass is 10.1. The van der Waals surface area contributed by atoms with E-state index in [0.717, 1.165) is 33.8 Å². The molecule has 0 saturated carbocycles. The van der Waals surface area contributed by atoms with Crippen molar-refractivity contribution in [2.45, 2.75) is 25.3 Å². The molecule has 2 heterocycles. The molecule has 0 bridgehead atoms. The fraction of sp³-hybridized carbons (Fsp3) is 0.227. The normalized spacial score (nSPS) is 13.9. The van der Waals surface area contributed by atoms with E-state index in [4.69, 9.17) is 4.98 Å². The first-order valence-electron chi connectivity index (χ1n) is 9.05. The highest BCUT2D eigenvalue weighted by Crippen LogP contribution is 2.26. The number of rotatable bonds is 4. The number of hydrogen-bond donors (Lipinski definition) is 0. The summed E-state index contributed by atoms with van der Waals surface area (Å²) in [5, 5.41) is 8.16. The first-order valence-corrected chi connectivity index (χ1v) is 10.0. The highest BCUT2D eigenvalue weighted by atomic mass is 32.2. The van der Waals surface area contributed by atoms with Crippen LogP contribution in [0.1, 0.15) is 23.1 Å². The fourth-order valence-electron chi connectivity index (χ4n) is 3.29. The fourth-order valence-corrected chi connectivity index (χ4v) is 4.12. The van der Waals surface area contributed by atoms with E-state index in [9.17, 15) is 4.79 Å².